The summed E-state index contributed by atoms with van der Waals surface area (Å²) in [4.78, 5) is 0. The molecule has 1 fully saturated rings. The number of hydrogen-bond donors (Lipinski definition) is 0. The van der Waals surface area contributed by atoms with E-state index in [2.05, 4.69) is 46.3 Å². The predicted molar refractivity (Wildman–Crippen MR) is 54.3 cm³/mol. The smallest absolute Gasteiger partial charge is 0.0275 e. The van der Waals surface area contributed by atoms with Gasteiger partial charge in [-0.3, -0.25) is 0 Å². The van der Waals surface area contributed by atoms with Gasteiger partial charge in [-0.05, 0) is 30.0 Å². The normalized spacial score (nSPS) is 22.2. The minimum atomic E-state index is 0.413. The number of allylic oxidation sites excluding steroid dienone is 1. The molecule has 0 radical (unpaired) electrons. The standard InChI is InChI=1S/C11H9Br/c12-10-7-8-3-1-2-4-9(8)11(10)5-6-11/h1-4,7H,5-6H2. The van der Waals surface area contributed by atoms with Crippen LogP contribution in [0.25, 0.3) is 6.08 Å². The first-order valence-corrected chi connectivity index (χ1v) is 5.09. The third-order valence-corrected chi connectivity index (χ3v) is 3.95. The van der Waals surface area contributed by atoms with Gasteiger partial charge in [-0.2, -0.15) is 0 Å². The van der Waals surface area contributed by atoms with Crippen LogP contribution in [-0.4, -0.2) is 0 Å². The Bertz CT molecular complexity index is 372. The van der Waals surface area contributed by atoms with Crippen molar-refractivity contribution in [3.05, 3.63) is 39.9 Å². The quantitative estimate of drug-likeness (QED) is 0.629. The van der Waals surface area contributed by atoms with Crippen LogP contribution < -0.4 is 0 Å². The lowest BCUT2D eigenvalue weighted by molar-refractivity contribution is 0.902. The van der Waals surface area contributed by atoms with Crippen LogP contribution in [0.3, 0.4) is 0 Å². The van der Waals surface area contributed by atoms with E-state index in [0.29, 0.717) is 5.41 Å². The summed E-state index contributed by atoms with van der Waals surface area (Å²) in [7, 11) is 0. The van der Waals surface area contributed by atoms with Crippen LogP contribution in [0.4, 0.5) is 0 Å². The summed E-state index contributed by atoms with van der Waals surface area (Å²) in [6.07, 6.45) is 4.91. The van der Waals surface area contributed by atoms with Gasteiger partial charge >= 0.3 is 0 Å². The van der Waals surface area contributed by atoms with Gasteiger partial charge in [0.25, 0.3) is 0 Å². The van der Waals surface area contributed by atoms with Gasteiger partial charge in [0, 0.05) is 9.90 Å². The van der Waals surface area contributed by atoms with E-state index in [0.717, 1.165) is 0 Å². The van der Waals surface area contributed by atoms with Crippen LogP contribution >= 0.6 is 15.9 Å². The van der Waals surface area contributed by atoms with E-state index in [1.807, 2.05) is 0 Å². The molecule has 0 bridgehead atoms. The number of benzene rings is 1. The van der Waals surface area contributed by atoms with E-state index in [4.69, 9.17) is 0 Å². The molecule has 0 unspecified atom stereocenters. The largest absolute Gasteiger partial charge is 0.0619 e. The molecule has 1 spiro atoms. The minimum Gasteiger partial charge on any atom is -0.0619 e. The van der Waals surface area contributed by atoms with Crippen molar-refractivity contribution in [2.45, 2.75) is 18.3 Å². The average Bonchev–Trinajstić information content (AvgIpc) is 2.80. The molecule has 0 saturated heterocycles. The highest BCUT2D eigenvalue weighted by molar-refractivity contribution is 9.11. The number of fused-ring (bicyclic) bond motifs is 2. The van der Waals surface area contributed by atoms with Gasteiger partial charge < -0.3 is 0 Å². The first-order chi connectivity index (χ1) is 5.83. The molecular weight excluding hydrogens is 212 g/mol. The Balaban J connectivity index is 2.28. The fourth-order valence-corrected chi connectivity index (χ4v) is 2.95. The lowest BCUT2D eigenvalue weighted by Crippen LogP contribution is -2.01. The highest BCUT2D eigenvalue weighted by Crippen LogP contribution is 2.60. The van der Waals surface area contributed by atoms with E-state index in [9.17, 15) is 0 Å². The summed E-state index contributed by atoms with van der Waals surface area (Å²) in [6, 6.07) is 8.70. The van der Waals surface area contributed by atoms with Crippen molar-refractivity contribution < 1.29 is 0 Å². The molecular formula is C11H9Br. The molecule has 1 aromatic carbocycles. The molecule has 60 valence electrons. The first kappa shape index (κ1) is 6.90. The third-order valence-electron chi connectivity index (χ3n) is 2.97. The molecule has 2 aliphatic rings. The van der Waals surface area contributed by atoms with Crippen molar-refractivity contribution in [1.82, 2.24) is 0 Å². The Labute approximate surface area is 80.4 Å². The van der Waals surface area contributed by atoms with E-state index < -0.39 is 0 Å². The molecule has 1 saturated carbocycles. The molecule has 0 amide bonds. The zero-order valence-electron chi connectivity index (χ0n) is 6.68. The second kappa shape index (κ2) is 2.02. The van der Waals surface area contributed by atoms with Crippen molar-refractivity contribution in [2.75, 3.05) is 0 Å². The summed E-state index contributed by atoms with van der Waals surface area (Å²) < 4.78 is 1.39. The second-order valence-electron chi connectivity index (χ2n) is 3.66. The molecule has 3 rings (SSSR count). The Morgan fingerprint density at radius 3 is 2.67 bits per heavy atom. The SMILES string of the molecule is BrC1=Cc2ccccc2C12CC2. The summed E-state index contributed by atoms with van der Waals surface area (Å²) in [5, 5.41) is 0. The molecule has 1 aromatic rings. The van der Waals surface area contributed by atoms with Crippen LogP contribution in [0, 0.1) is 0 Å². The predicted octanol–water partition coefficient (Wildman–Crippen LogP) is 3.47. The summed E-state index contributed by atoms with van der Waals surface area (Å²) in [6.45, 7) is 0. The number of rotatable bonds is 0. The first-order valence-electron chi connectivity index (χ1n) is 4.30. The Morgan fingerprint density at radius 1 is 1.17 bits per heavy atom. The molecule has 0 nitrogen and oxygen atoms in total. The van der Waals surface area contributed by atoms with Crippen LogP contribution in [0.2, 0.25) is 0 Å². The highest BCUT2D eigenvalue weighted by atomic mass is 79.9. The summed E-state index contributed by atoms with van der Waals surface area (Å²) in [5.74, 6) is 0. The van der Waals surface area contributed by atoms with Gasteiger partial charge in [0.15, 0.2) is 0 Å². The number of hydrogen-bond acceptors (Lipinski definition) is 0. The van der Waals surface area contributed by atoms with Crippen molar-refractivity contribution in [1.29, 1.82) is 0 Å². The van der Waals surface area contributed by atoms with Crippen LogP contribution in [0.1, 0.15) is 24.0 Å². The average molecular weight is 221 g/mol. The van der Waals surface area contributed by atoms with Gasteiger partial charge in [-0.1, -0.05) is 40.2 Å². The maximum absolute atomic E-state index is 3.66. The molecule has 2 aliphatic carbocycles. The van der Waals surface area contributed by atoms with Crippen molar-refractivity contribution in [3.63, 3.8) is 0 Å². The monoisotopic (exact) mass is 220 g/mol. The fourth-order valence-electron chi connectivity index (χ4n) is 2.10. The van der Waals surface area contributed by atoms with Gasteiger partial charge in [0.1, 0.15) is 0 Å². The van der Waals surface area contributed by atoms with E-state index in [1.54, 1.807) is 0 Å². The maximum atomic E-state index is 3.66. The van der Waals surface area contributed by atoms with E-state index in [-0.39, 0.29) is 0 Å². The molecule has 0 atom stereocenters. The van der Waals surface area contributed by atoms with Crippen LogP contribution in [0.5, 0.6) is 0 Å². The highest BCUT2D eigenvalue weighted by Gasteiger charge is 2.50. The van der Waals surface area contributed by atoms with Gasteiger partial charge in [0.05, 0.1) is 0 Å². The molecule has 1 heteroatoms. The van der Waals surface area contributed by atoms with Crippen LogP contribution in [0.15, 0.2) is 28.7 Å². The third kappa shape index (κ3) is 0.680. The van der Waals surface area contributed by atoms with Crippen molar-refractivity contribution in [2.24, 2.45) is 0 Å². The van der Waals surface area contributed by atoms with E-state index in [1.165, 1.54) is 28.5 Å². The molecule has 0 aliphatic heterocycles. The van der Waals surface area contributed by atoms with Gasteiger partial charge in [-0.15, -0.1) is 0 Å². The second-order valence-corrected chi connectivity index (χ2v) is 4.52. The maximum Gasteiger partial charge on any atom is 0.0275 e. The molecule has 0 N–H and O–H groups in total. The lowest BCUT2D eigenvalue weighted by atomic mass is 9.98. The van der Waals surface area contributed by atoms with Gasteiger partial charge in [0.2, 0.25) is 0 Å². The Morgan fingerprint density at radius 2 is 1.92 bits per heavy atom. The minimum absolute atomic E-state index is 0.413. The number of halogens is 1. The Kier molecular flexibility index (Phi) is 1.16. The lowest BCUT2D eigenvalue weighted by Gasteiger charge is -2.08. The zero-order chi connectivity index (χ0) is 8.18. The summed E-state index contributed by atoms with van der Waals surface area (Å²) >= 11 is 3.66. The van der Waals surface area contributed by atoms with Crippen LogP contribution in [-0.2, 0) is 5.41 Å². The van der Waals surface area contributed by atoms with E-state index >= 15 is 0 Å². The van der Waals surface area contributed by atoms with Crippen molar-refractivity contribution >= 4 is 22.0 Å². The zero-order valence-corrected chi connectivity index (χ0v) is 8.26. The molecule has 0 heterocycles. The summed E-state index contributed by atoms with van der Waals surface area (Å²) in [5.41, 5.74) is 3.34. The molecule has 0 aromatic heterocycles. The molecule has 12 heavy (non-hydrogen) atoms. The fraction of sp³-hybridized carbons (Fsp3) is 0.273. The van der Waals surface area contributed by atoms with Crippen molar-refractivity contribution in [3.8, 4) is 0 Å². The van der Waals surface area contributed by atoms with Gasteiger partial charge in [-0.25, -0.2) is 0 Å². The topological polar surface area (TPSA) is 0 Å². The Hall–Kier alpha value is -0.560.